The van der Waals surface area contributed by atoms with Gasteiger partial charge in [0.2, 0.25) is 11.8 Å². The molecule has 1 aliphatic rings. The monoisotopic (exact) mass is 399 g/mol. The average Bonchev–Trinajstić information content (AvgIpc) is 2.97. The van der Waals surface area contributed by atoms with Crippen LogP contribution in [0.1, 0.15) is 43.3 Å². The molecule has 1 aromatic rings. The van der Waals surface area contributed by atoms with Gasteiger partial charge in [0.25, 0.3) is 0 Å². The zero-order chi connectivity index (χ0) is 19.3. The Kier molecular flexibility index (Phi) is 7.20. The fourth-order valence-corrected chi connectivity index (χ4v) is 3.79. The fourth-order valence-electron chi connectivity index (χ4n) is 2.78. The lowest BCUT2D eigenvalue weighted by Gasteiger charge is -2.35. The molecular weight excluding hydrogens is 374 g/mol. The molecule has 0 aliphatic carbocycles. The summed E-state index contributed by atoms with van der Waals surface area (Å²) in [7, 11) is 0. The van der Waals surface area contributed by atoms with Crippen LogP contribution in [0.15, 0.2) is 12.1 Å². The van der Waals surface area contributed by atoms with E-state index in [-0.39, 0.29) is 36.0 Å². The second kappa shape index (κ2) is 8.97. The summed E-state index contributed by atoms with van der Waals surface area (Å²) >= 11 is 7.07. The summed E-state index contributed by atoms with van der Waals surface area (Å²) in [5, 5.41) is 2.94. The summed E-state index contributed by atoms with van der Waals surface area (Å²) in [4.78, 5) is 40.8. The van der Waals surface area contributed by atoms with E-state index in [4.69, 9.17) is 11.6 Å². The van der Waals surface area contributed by atoms with Gasteiger partial charge in [0, 0.05) is 44.6 Å². The number of carbonyl (C=O) groups excluding carboxylic acids is 3. The van der Waals surface area contributed by atoms with Gasteiger partial charge in [-0.15, -0.1) is 11.3 Å². The maximum absolute atomic E-state index is 12.3. The van der Waals surface area contributed by atoms with E-state index in [1.54, 1.807) is 17.0 Å². The maximum atomic E-state index is 12.3. The number of thiophene rings is 1. The van der Waals surface area contributed by atoms with Crippen LogP contribution >= 0.6 is 22.9 Å². The number of Topliss-reactive ketones (excluding diaryl/α,β-unsaturated/α-hetero) is 1. The van der Waals surface area contributed by atoms with E-state index >= 15 is 0 Å². The lowest BCUT2D eigenvalue weighted by atomic mass is 10.1. The Morgan fingerprint density at radius 3 is 2.31 bits per heavy atom. The number of halogens is 1. The third-order valence-corrected chi connectivity index (χ3v) is 5.29. The number of rotatable bonds is 6. The van der Waals surface area contributed by atoms with Crippen LogP contribution in [0.25, 0.3) is 0 Å². The number of amides is 2. The lowest BCUT2D eigenvalue weighted by Crippen LogP contribution is -2.52. The molecule has 1 fully saturated rings. The fraction of sp³-hybridized carbons (Fsp3) is 0.611. The molecule has 0 atom stereocenters. The first-order valence-corrected chi connectivity index (χ1v) is 9.93. The third-order valence-electron chi connectivity index (χ3n) is 4.02. The topological polar surface area (TPSA) is 69.7 Å². The van der Waals surface area contributed by atoms with Gasteiger partial charge in [-0.05, 0) is 32.9 Å². The molecule has 1 N–H and O–H groups in total. The number of carbonyl (C=O) groups is 3. The van der Waals surface area contributed by atoms with Crippen LogP contribution < -0.4 is 5.32 Å². The van der Waals surface area contributed by atoms with Gasteiger partial charge in [0.1, 0.15) is 0 Å². The van der Waals surface area contributed by atoms with Crippen molar-refractivity contribution in [2.24, 2.45) is 0 Å². The van der Waals surface area contributed by atoms with Crippen molar-refractivity contribution in [1.82, 2.24) is 15.1 Å². The number of nitrogens with one attached hydrogen (secondary N) is 1. The molecule has 144 valence electrons. The summed E-state index contributed by atoms with van der Waals surface area (Å²) in [6.45, 7) is 8.70. The maximum Gasteiger partial charge on any atom is 0.234 e. The van der Waals surface area contributed by atoms with Crippen LogP contribution in [0, 0.1) is 0 Å². The molecule has 0 bridgehead atoms. The van der Waals surface area contributed by atoms with Gasteiger partial charge in [-0.25, -0.2) is 0 Å². The van der Waals surface area contributed by atoms with Crippen LogP contribution in [0.4, 0.5) is 0 Å². The number of hydrogen-bond acceptors (Lipinski definition) is 5. The summed E-state index contributed by atoms with van der Waals surface area (Å²) in [5.74, 6) is -0.0648. The molecule has 1 saturated heterocycles. The zero-order valence-electron chi connectivity index (χ0n) is 15.5. The second-order valence-electron chi connectivity index (χ2n) is 7.48. The number of hydrogen-bond donors (Lipinski definition) is 1. The molecule has 8 heteroatoms. The summed E-state index contributed by atoms with van der Waals surface area (Å²) in [6.07, 6.45) is 0.405. The van der Waals surface area contributed by atoms with E-state index in [0.717, 1.165) is 0 Å². The van der Waals surface area contributed by atoms with E-state index in [2.05, 4.69) is 5.32 Å². The van der Waals surface area contributed by atoms with Crippen molar-refractivity contribution in [3.63, 3.8) is 0 Å². The molecule has 0 radical (unpaired) electrons. The van der Waals surface area contributed by atoms with Gasteiger partial charge in [-0.2, -0.15) is 0 Å². The van der Waals surface area contributed by atoms with Gasteiger partial charge in [-0.3, -0.25) is 19.3 Å². The van der Waals surface area contributed by atoms with E-state index in [9.17, 15) is 14.4 Å². The summed E-state index contributed by atoms with van der Waals surface area (Å²) < 4.78 is 0.575. The second-order valence-corrected chi connectivity index (χ2v) is 9.20. The summed E-state index contributed by atoms with van der Waals surface area (Å²) in [6, 6.07) is 3.39. The van der Waals surface area contributed by atoms with Gasteiger partial charge in [0.15, 0.2) is 5.78 Å². The highest BCUT2D eigenvalue weighted by atomic mass is 35.5. The quantitative estimate of drug-likeness (QED) is 0.746. The van der Waals surface area contributed by atoms with E-state index < -0.39 is 0 Å². The Labute approximate surface area is 163 Å². The molecule has 2 amide bonds. The normalized spacial score (nSPS) is 15.8. The van der Waals surface area contributed by atoms with Gasteiger partial charge in [-0.1, -0.05) is 11.6 Å². The minimum Gasteiger partial charge on any atom is -0.350 e. The highest BCUT2D eigenvalue weighted by molar-refractivity contribution is 7.18. The van der Waals surface area contributed by atoms with Crippen molar-refractivity contribution in [3.05, 3.63) is 21.3 Å². The Morgan fingerprint density at radius 1 is 1.12 bits per heavy atom. The van der Waals surface area contributed by atoms with Crippen molar-refractivity contribution in [1.29, 1.82) is 0 Å². The van der Waals surface area contributed by atoms with Gasteiger partial charge in [0.05, 0.1) is 15.8 Å². The highest BCUT2D eigenvalue weighted by Crippen LogP contribution is 2.23. The first-order valence-electron chi connectivity index (χ1n) is 8.74. The van der Waals surface area contributed by atoms with Gasteiger partial charge >= 0.3 is 0 Å². The van der Waals surface area contributed by atoms with Gasteiger partial charge < -0.3 is 10.2 Å². The number of nitrogens with zero attached hydrogens (tertiary/aromatic N) is 2. The van der Waals surface area contributed by atoms with Crippen molar-refractivity contribution in [2.45, 2.75) is 39.2 Å². The van der Waals surface area contributed by atoms with Crippen molar-refractivity contribution < 1.29 is 14.4 Å². The standard InChI is InChI=1S/C18H26ClN3O3S/c1-18(2,3)20-16(24)12-21-8-10-22(11-9-21)17(25)7-4-13(23)14-5-6-15(19)26-14/h5-6H,4,7-12H2,1-3H3,(H,20,24). The molecule has 0 saturated carbocycles. The molecule has 2 rings (SSSR count). The predicted octanol–water partition coefficient (Wildman–Crippen LogP) is 2.42. The Balaban J connectivity index is 1.71. The minimum absolute atomic E-state index is 0.00233. The van der Waals surface area contributed by atoms with Crippen molar-refractivity contribution in [3.8, 4) is 0 Å². The Morgan fingerprint density at radius 2 is 1.77 bits per heavy atom. The Hall–Kier alpha value is -1.44. The van der Waals surface area contributed by atoms with E-state index in [1.807, 2.05) is 25.7 Å². The first kappa shape index (κ1) is 20.9. The van der Waals surface area contributed by atoms with E-state index in [1.165, 1.54) is 11.3 Å². The van der Waals surface area contributed by atoms with Crippen LogP contribution in [-0.4, -0.2) is 65.7 Å². The van der Waals surface area contributed by atoms with Crippen LogP contribution in [0.3, 0.4) is 0 Å². The van der Waals surface area contributed by atoms with Crippen LogP contribution in [0.5, 0.6) is 0 Å². The Bertz CT molecular complexity index is 661. The van der Waals surface area contributed by atoms with Crippen molar-refractivity contribution >= 4 is 40.5 Å². The SMILES string of the molecule is CC(C)(C)NC(=O)CN1CCN(C(=O)CCC(=O)c2ccc(Cl)s2)CC1. The van der Waals surface area contributed by atoms with E-state index in [0.29, 0.717) is 41.9 Å². The molecule has 0 aromatic carbocycles. The lowest BCUT2D eigenvalue weighted by molar-refractivity contribution is -0.133. The van der Waals surface area contributed by atoms with Crippen LogP contribution in [-0.2, 0) is 9.59 Å². The largest absolute Gasteiger partial charge is 0.350 e. The molecule has 1 aliphatic heterocycles. The molecule has 0 spiro atoms. The van der Waals surface area contributed by atoms with Crippen LogP contribution in [0.2, 0.25) is 4.34 Å². The highest BCUT2D eigenvalue weighted by Gasteiger charge is 2.24. The smallest absolute Gasteiger partial charge is 0.234 e. The molecule has 2 heterocycles. The summed E-state index contributed by atoms with van der Waals surface area (Å²) in [5.41, 5.74) is -0.242. The third kappa shape index (κ3) is 6.70. The number of ketones is 1. The predicted molar refractivity (Wildman–Crippen MR) is 104 cm³/mol. The number of piperazine rings is 1. The first-order chi connectivity index (χ1) is 12.1. The molecule has 0 unspecified atom stereocenters. The average molecular weight is 400 g/mol. The molecule has 26 heavy (non-hydrogen) atoms. The minimum atomic E-state index is -0.242. The van der Waals surface area contributed by atoms with Crippen molar-refractivity contribution in [2.75, 3.05) is 32.7 Å². The molecular formula is C18H26ClN3O3S. The zero-order valence-corrected chi connectivity index (χ0v) is 17.1. The molecule has 1 aromatic heterocycles. The molecule has 6 nitrogen and oxygen atoms in total.